The third-order valence-corrected chi connectivity index (χ3v) is 5.11. The average Bonchev–Trinajstić information content (AvgIpc) is 3.23. The molecule has 0 saturated carbocycles. The normalized spacial score (nSPS) is 10.6. The molecular weight excluding hydrogens is 314 g/mol. The van der Waals surface area contributed by atoms with Crippen LogP contribution < -0.4 is 0 Å². The zero-order valence-corrected chi connectivity index (χ0v) is 13.7. The number of nitrogens with zero attached hydrogens (tertiary/aromatic N) is 3. The van der Waals surface area contributed by atoms with E-state index in [1.165, 1.54) is 11.3 Å². The first kappa shape index (κ1) is 14.9. The number of carbonyl (C=O) groups excluding carboxylic acids is 1. The molecule has 0 atom stereocenters. The van der Waals surface area contributed by atoms with Crippen LogP contribution in [0.15, 0.2) is 47.3 Å². The van der Waals surface area contributed by atoms with E-state index < -0.39 is 0 Å². The Balaban J connectivity index is 1.63. The summed E-state index contributed by atoms with van der Waals surface area (Å²) in [4.78, 5) is 23.9. The first-order chi connectivity index (χ1) is 10.7. The molecule has 6 heteroatoms. The van der Waals surface area contributed by atoms with E-state index in [1.54, 1.807) is 29.5 Å². The van der Waals surface area contributed by atoms with E-state index in [0.29, 0.717) is 12.2 Å². The molecule has 3 heterocycles. The van der Waals surface area contributed by atoms with E-state index >= 15 is 0 Å². The fourth-order valence-corrected chi connectivity index (χ4v) is 3.62. The number of pyridine rings is 1. The van der Waals surface area contributed by atoms with E-state index in [0.717, 1.165) is 22.0 Å². The highest BCUT2D eigenvalue weighted by atomic mass is 32.1. The third kappa shape index (κ3) is 3.40. The quantitative estimate of drug-likeness (QED) is 0.719. The number of thiophene rings is 1. The summed E-state index contributed by atoms with van der Waals surface area (Å²) in [7, 11) is 1.80. The van der Waals surface area contributed by atoms with Gasteiger partial charge in [0.05, 0.1) is 4.88 Å². The second kappa shape index (κ2) is 6.81. The lowest BCUT2D eigenvalue weighted by atomic mass is 10.2. The number of aromatic nitrogens is 2. The Morgan fingerprint density at radius 2 is 2.14 bits per heavy atom. The van der Waals surface area contributed by atoms with Crippen LogP contribution in [0.5, 0.6) is 0 Å². The van der Waals surface area contributed by atoms with E-state index in [9.17, 15) is 4.79 Å². The first-order valence-electron chi connectivity index (χ1n) is 6.89. The van der Waals surface area contributed by atoms with Gasteiger partial charge in [-0.1, -0.05) is 12.1 Å². The molecule has 0 bridgehead atoms. The summed E-state index contributed by atoms with van der Waals surface area (Å²) >= 11 is 3.14. The number of rotatable bonds is 5. The lowest BCUT2D eigenvalue weighted by Crippen LogP contribution is -2.29. The maximum atomic E-state index is 12.4. The van der Waals surface area contributed by atoms with Crippen LogP contribution in [-0.2, 0) is 6.42 Å². The Hall–Kier alpha value is -2.05. The number of likely N-dealkylation sites (N-methyl/N-ethyl adjacent to an activating group) is 1. The summed E-state index contributed by atoms with van der Waals surface area (Å²) in [6, 6.07) is 9.82. The Morgan fingerprint density at radius 1 is 1.23 bits per heavy atom. The average molecular weight is 329 g/mol. The minimum atomic E-state index is -0.0463. The van der Waals surface area contributed by atoms with Crippen molar-refractivity contribution in [3.8, 4) is 9.88 Å². The van der Waals surface area contributed by atoms with Crippen molar-refractivity contribution in [2.45, 2.75) is 6.42 Å². The molecule has 0 aromatic carbocycles. The number of thiazole rings is 1. The predicted molar refractivity (Wildman–Crippen MR) is 90.3 cm³/mol. The van der Waals surface area contributed by atoms with Gasteiger partial charge in [-0.2, -0.15) is 0 Å². The molecule has 0 unspecified atom stereocenters. The lowest BCUT2D eigenvalue weighted by Gasteiger charge is -2.15. The fourth-order valence-electron chi connectivity index (χ4n) is 2.01. The highest BCUT2D eigenvalue weighted by Crippen LogP contribution is 2.28. The maximum Gasteiger partial charge on any atom is 0.273 e. The smallest absolute Gasteiger partial charge is 0.273 e. The van der Waals surface area contributed by atoms with Crippen LogP contribution in [-0.4, -0.2) is 34.4 Å². The van der Waals surface area contributed by atoms with Gasteiger partial charge in [0.1, 0.15) is 10.7 Å². The third-order valence-electron chi connectivity index (χ3n) is 3.23. The van der Waals surface area contributed by atoms with Gasteiger partial charge in [0, 0.05) is 37.3 Å². The van der Waals surface area contributed by atoms with Crippen molar-refractivity contribution in [3.05, 3.63) is 58.7 Å². The van der Waals surface area contributed by atoms with Gasteiger partial charge in [-0.15, -0.1) is 22.7 Å². The molecule has 3 aromatic heterocycles. The van der Waals surface area contributed by atoms with Crippen LogP contribution in [0, 0.1) is 0 Å². The summed E-state index contributed by atoms with van der Waals surface area (Å²) in [6.45, 7) is 0.627. The molecule has 0 aliphatic rings. The van der Waals surface area contributed by atoms with Crippen molar-refractivity contribution in [1.82, 2.24) is 14.9 Å². The van der Waals surface area contributed by atoms with Gasteiger partial charge in [0.2, 0.25) is 0 Å². The predicted octanol–water partition coefficient (Wildman–Crippen LogP) is 3.58. The monoisotopic (exact) mass is 329 g/mol. The topological polar surface area (TPSA) is 46.1 Å². The Kier molecular flexibility index (Phi) is 4.60. The summed E-state index contributed by atoms with van der Waals surface area (Å²) < 4.78 is 0. The van der Waals surface area contributed by atoms with Gasteiger partial charge in [0.25, 0.3) is 5.91 Å². The van der Waals surface area contributed by atoms with Crippen molar-refractivity contribution < 1.29 is 4.79 Å². The molecule has 3 aromatic rings. The fraction of sp³-hybridized carbons (Fsp3) is 0.188. The van der Waals surface area contributed by atoms with Crippen molar-refractivity contribution >= 4 is 28.6 Å². The van der Waals surface area contributed by atoms with Crippen LogP contribution in [0.1, 0.15) is 16.2 Å². The zero-order chi connectivity index (χ0) is 15.4. The first-order valence-corrected chi connectivity index (χ1v) is 8.65. The van der Waals surface area contributed by atoms with E-state index in [2.05, 4.69) is 9.97 Å². The van der Waals surface area contributed by atoms with Crippen LogP contribution in [0.2, 0.25) is 0 Å². The van der Waals surface area contributed by atoms with Crippen molar-refractivity contribution in [2.24, 2.45) is 0 Å². The molecule has 4 nitrogen and oxygen atoms in total. The SMILES string of the molecule is CN(CCc1ccccn1)C(=O)c1csc(-c2cccs2)n1. The standard InChI is InChI=1S/C16H15N3OS2/c1-19(9-7-12-5-2-3-8-17-12)16(20)13-11-22-15(18-13)14-6-4-10-21-14/h2-6,8,10-11H,7,9H2,1H3. The molecule has 0 radical (unpaired) electrons. The van der Waals surface area contributed by atoms with Crippen LogP contribution in [0.25, 0.3) is 9.88 Å². The minimum absolute atomic E-state index is 0.0463. The Labute approximate surface area is 137 Å². The number of amides is 1. The molecular formula is C16H15N3OS2. The van der Waals surface area contributed by atoms with Crippen LogP contribution in [0.3, 0.4) is 0 Å². The van der Waals surface area contributed by atoms with Crippen molar-refractivity contribution in [2.75, 3.05) is 13.6 Å². The Morgan fingerprint density at radius 3 is 2.86 bits per heavy atom. The number of hydrogen-bond donors (Lipinski definition) is 0. The molecule has 0 aliphatic heterocycles. The summed E-state index contributed by atoms with van der Waals surface area (Å²) in [5.74, 6) is -0.0463. The molecule has 22 heavy (non-hydrogen) atoms. The largest absolute Gasteiger partial charge is 0.340 e. The number of carbonyl (C=O) groups is 1. The highest BCUT2D eigenvalue weighted by Gasteiger charge is 2.16. The van der Waals surface area contributed by atoms with Gasteiger partial charge in [-0.25, -0.2) is 4.98 Å². The van der Waals surface area contributed by atoms with Gasteiger partial charge in [0.15, 0.2) is 0 Å². The summed E-state index contributed by atoms with van der Waals surface area (Å²) in [6.07, 6.45) is 2.51. The molecule has 3 rings (SSSR count). The highest BCUT2D eigenvalue weighted by molar-refractivity contribution is 7.20. The lowest BCUT2D eigenvalue weighted by molar-refractivity contribution is 0.0791. The van der Waals surface area contributed by atoms with Gasteiger partial charge in [-0.05, 0) is 23.6 Å². The second-order valence-electron chi connectivity index (χ2n) is 4.81. The molecule has 0 saturated heterocycles. The summed E-state index contributed by atoms with van der Waals surface area (Å²) in [5.41, 5.74) is 1.50. The molecule has 0 spiro atoms. The molecule has 0 fully saturated rings. The number of hydrogen-bond acceptors (Lipinski definition) is 5. The van der Waals surface area contributed by atoms with Crippen LogP contribution in [0.4, 0.5) is 0 Å². The second-order valence-corrected chi connectivity index (χ2v) is 6.62. The minimum Gasteiger partial charge on any atom is -0.340 e. The zero-order valence-electron chi connectivity index (χ0n) is 12.1. The van der Waals surface area contributed by atoms with E-state index in [1.807, 2.05) is 41.1 Å². The van der Waals surface area contributed by atoms with Gasteiger partial charge >= 0.3 is 0 Å². The molecule has 0 aliphatic carbocycles. The molecule has 112 valence electrons. The maximum absolute atomic E-state index is 12.4. The molecule has 0 N–H and O–H groups in total. The van der Waals surface area contributed by atoms with Gasteiger partial charge in [-0.3, -0.25) is 9.78 Å². The molecule has 1 amide bonds. The Bertz CT molecular complexity index is 738. The van der Waals surface area contributed by atoms with Crippen molar-refractivity contribution in [3.63, 3.8) is 0 Å². The summed E-state index contributed by atoms with van der Waals surface area (Å²) in [5, 5.41) is 4.74. The van der Waals surface area contributed by atoms with Crippen molar-refractivity contribution in [1.29, 1.82) is 0 Å². The van der Waals surface area contributed by atoms with Gasteiger partial charge < -0.3 is 4.90 Å². The van der Waals surface area contributed by atoms with E-state index in [4.69, 9.17) is 0 Å². The van der Waals surface area contributed by atoms with E-state index in [-0.39, 0.29) is 5.91 Å². The van der Waals surface area contributed by atoms with Crippen LogP contribution >= 0.6 is 22.7 Å².